The van der Waals surface area contributed by atoms with Gasteiger partial charge in [-0.25, -0.2) is 0 Å². The van der Waals surface area contributed by atoms with E-state index >= 15 is 0 Å². The third-order valence-corrected chi connectivity index (χ3v) is 2.79. The molecule has 0 aliphatic carbocycles. The van der Waals surface area contributed by atoms with E-state index in [4.69, 9.17) is 5.73 Å². The van der Waals surface area contributed by atoms with Crippen molar-refractivity contribution in [2.75, 3.05) is 11.1 Å². The minimum atomic E-state index is -0.496. The van der Waals surface area contributed by atoms with Crippen LogP contribution in [0, 0.1) is 17.0 Å². The van der Waals surface area contributed by atoms with Gasteiger partial charge in [-0.1, -0.05) is 11.6 Å². The van der Waals surface area contributed by atoms with E-state index in [1.165, 1.54) is 24.3 Å². The summed E-state index contributed by atoms with van der Waals surface area (Å²) in [6, 6.07) is 10.8. The van der Waals surface area contributed by atoms with Crippen LogP contribution in [0.1, 0.15) is 15.9 Å². The van der Waals surface area contributed by atoms with Crippen LogP contribution in [0.3, 0.4) is 0 Å². The number of nitrogens with one attached hydrogen (secondary N) is 1. The summed E-state index contributed by atoms with van der Waals surface area (Å²) in [5, 5.41) is 13.2. The third kappa shape index (κ3) is 2.92. The van der Waals surface area contributed by atoms with Crippen LogP contribution in [0.2, 0.25) is 0 Å². The number of anilines is 2. The number of nitrogens with zero attached hydrogens (tertiary/aromatic N) is 1. The number of nitro benzene ring substituents is 1. The van der Waals surface area contributed by atoms with Gasteiger partial charge >= 0.3 is 0 Å². The number of nitrogen functional groups attached to an aromatic ring is 1. The SMILES string of the molecule is Cc1ccc(N)c(C(=O)Nc2ccc([N+](=O)[O-])cc2)c1. The molecule has 0 fully saturated rings. The molecule has 0 spiro atoms. The predicted molar refractivity (Wildman–Crippen MR) is 76.6 cm³/mol. The summed E-state index contributed by atoms with van der Waals surface area (Å²) in [7, 11) is 0. The largest absolute Gasteiger partial charge is 0.398 e. The van der Waals surface area contributed by atoms with Crippen LogP contribution >= 0.6 is 0 Å². The summed E-state index contributed by atoms with van der Waals surface area (Å²) >= 11 is 0. The van der Waals surface area contributed by atoms with Gasteiger partial charge in [-0.2, -0.15) is 0 Å². The number of nitro groups is 1. The summed E-state index contributed by atoms with van der Waals surface area (Å²) in [4.78, 5) is 22.1. The van der Waals surface area contributed by atoms with Crippen molar-refractivity contribution in [1.82, 2.24) is 0 Å². The molecule has 0 atom stereocenters. The first-order chi connectivity index (χ1) is 9.47. The highest BCUT2D eigenvalue weighted by molar-refractivity contribution is 6.07. The van der Waals surface area contributed by atoms with E-state index in [9.17, 15) is 14.9 Å². The lowest BCUT2D eigenvalue weighted by atomic mass is 10.1. The zero-order chi connectivity index (χ0) is 14.7. The molecule has 2 aromatic rings. The molecule has 2 rings (SSSR count). The molecule has 6 nitrogen and oxygen atoms in total. The highest BCUT2D eigenvalue weighted by atomic mass is 16.6. The maximum Gasteiger partial charge on any atom is 0.269 e. The molecule has 0 unspecified atom stereocenters. The summed E-state index contributed by atoms with van der Waals surface area (Å²) in [5.41, 5.74) is 7.89. The van der Waals surface area contributed by atoms with E-state index in [1.807, 2.05) is 13.0 Å². The fourth-order valence-corrected chi connectivity index (χ4v) is 1.73. The van der Waals surface area contributed by atoms with Crippen LogP contribution in [0.4, 0.5) is 17.1 Å². The summed E-state index contributed by atoms with van der Waals surface area (Å²) in [6.07, 6.45) is 0. The number of aryl methyl sites for hydroxylation is 1. The lowest BCUT2D eigenvalue weighted by Crippen LogP contribution is -2.14. The first-order valence-corrected chi connectivity index (χ1v) is 5.89. The number of carbonyl (C=O) groups is 1. The molecule has 0 saturated heterocycles. The molecule has 0 aliphatic heterocycles. The van der Waals surface area contributed by atoms with Crippen LogP contribution in [-0.2, 0) is 0 Å². The molecule has 1 amide bonds. The van der Waals surface area contributed by atoms with Crippen LogP contribution in [-0.4, -0.2) is 10.8 Å². The first kappa shape index (κ1) is 13.5. The van der Waals surface area contributed by atoms with Gasteiger partial charge in [0.15, 0.2) is 0 Å². The van der Waals surface area contributed by atoms with Crippen molar-refractivity contribution in [2.45, 2.75) is 6.92 Å². The first-order valence-electron chi connectivity index (χ1n) is 5.89. The van der Waals surface area contributed by atoms with Crippen molar-refractivity contribution in [3.8, 4) is 0 Å². The van der Waals surface area contributed by atoms with E-state index in [0.29, 0.717) is 16.9 Å². The molecule has 102 valence electrons. The maximum atomic E-state index is 12.1. The van der Waals surface area contributed by atoms with Gasteiger partial charge in [-0.3, -0.25) is 14.9 Å². The van der Waals surface area contributed by atoms with Gasteiger partial charge in [0.2, 0.25) is 0 Å². The van der Waals surface area contributed by atoms with Gasteiger partial charge in [-0.15, -0.1) is 0 Å². The molecule has 0 saturated carbocycles. The number of rotatable bonds is 3. The number of nitrogens with two attached hydrogens (primary N) is 1. The smallest absolute Gasteiger partial charge is 0.269 e. The van der Waals surface area contributed by atoms with Gasteiger partial charge in [-0.05, 0) is 31.2 Å². The third-order valence-electron chi connectivity index (χ3n) is 2.79. The second kappa shape index (κ2) is 5.40. The standard InChI is InChI=1S/C14H13N3O3/c1-9-2-7-13(15)12(8-9)14(18)16-10-3-5-11(6-4-10)17(19)20/h2-8H,15H2,1H3,(H,16,18). The Hall–Kier alpha value is -2.89. The second-order valence-electron chi connectivity index (χ2n) is 4.35. The minimum Gasteiger partial charge on any atom is -0.398 e. The Morgan fingerprint density at radius 2 is 1.85 bits per heavy atom. The minimum absolute atomic E-state index is 0.0296. The molecule has 2 aromatic carbocycles. The van der Waals surface area contributed by atoms with E-state index in [1.54, 1.807) is 12.1 Å². The number of non-ortho nitro benzene ring substituents is 1. The van der Waals surface area contributed by atoms with Gasteiger partial charge in [0.25, 0.3) is 11.6 Å². The van der Waals surface area contributed by atoms with Gasteiger partial charge in [0, 0.05) is 23.5 Å². The fourth-order valence-electron chi connectivity index (χ4n) is 1.73. The maximum absolute atomic E-state index is 12.1. The van der Waals surface area contributed by atoms with Crippen LogP contribution in [0.25, 0.3) is 0 Å². The quantitative estimate of drug-likeness (QED) is 0.509. The van der Waals surface area contributed by atoms with Gasteiger partial charge in [0.05, 0.1) is 10.5 Å². The number of benzene rings is 2. The molecule has 20 heavy (non-hydrogen) atoms. The Kier molecular flexibility index (Phi) is 3.65. The lowest BCUT2D eigenvalue weighted by Gasteiger charge is -2.08. The monoisotopic (exact) mass is 271 g/mol. The van der Waals surface area contributed by atoms with Gasteiger partial charge in [0.1, 0.15) is 0 Å². The van der Waals surface area contributed by atoms with Crippen molar-refractivity contribution in [3.63, 3.8) is 0 Å². The Morgan fingerprint density at radius 1 is 1.20 bits per heavy atom. The molecule has 3 N–H and O–H groups in total. The lowest BCUT2D eigenvalue weighted by molar-refractivity contribution is -0.384. The summed E-state index contributed by atoms with van der Waals surface area (Å²) in [5.74, 6) is -0.347. The van der Waals surface area contributed by atoms with E-state index in [-0.39, 0.29) is 11.6 Å². The highest BCUT2D eigenvalue weighted by Gasteiger charge is 2.11. The molecule has 0 aromatic heterocycles. The number of amides is 1. The summed E-state index contributed by atoms with van der Waals surface area (Å²) in [6.45, 7) is 1.86. The van der Waals surface area contributed by atoms with Crippen LogP contribution in [0.5, 0.6) is 0 Å². The zero-order valence-corrected chi connectivity index (χ0v) is 10.8. The average Bonchev–Trinajstić information content (AvgIpc) is 2.42. The van der Waals surface area contributed by atoms with E-state index in [2.05, 4.69) is 5.32 Å². The van der Waals surface area contributed by atoms with Crippen molar-refractivity contribution >= 4 is 23.0 Å². The molecular formula is C14H13N3O3. The zero-order valence-electron chi connectivity index (χ0n) is 10.8. The molecule has 6 heteroatoms. The Balaban J connectivity index is 2.19. The molecule has 0 bridgehead atoms. The Labute approximate surface area is 115 Å². The van der Waals surface area contributed by atoms with Crippen molar-refractivity contribution in [1.29, 1.82) is 0 Å². The van der Waals surface area contributed by atoms with Crippen molar-refractivity contribution in [2.24, 2.45) is 0 Å². The Bertz CT molecular complexity index is 666. The number of hydrogen-bond donors (Lipinski definition) is 2. The molecule has 0 radical (unpaired) electrons. The van der Waals surface area contributed by atoms with E-state index in [0.717, 1.165) is 5.56 Å². The van der Waals surface area contributed by atoms with Crippen molar-refractivity contribution < 1.29 is 9.72 Å². The van der Waals surface area contributed by atoms with Crippen molar-refractivity contribution in [3.05, 3.63) is 63.7 Å². The number of carbonyl (C=O) groups excluding carboxylic acids is 1. The highest BCUT2D eigenvalue weighted by Crippen LogP contribution is 2.18. The van der Waals surface area contributed by atoms with Crippen LogP contribution < -0.4 is 11.1 Å². The second-order valence-corrected chi connectivity index (χ2v) is 4.35. The molecule has 0 heterocycles. The predicted octanol–water partition coefficient (Wildman–Crippen LogP) is 2.74. The van der Waals surface area contributed by atoms with E-state index < -0.39 is 4.92 Å². The topological polar surface area (TPSA) is 98.3 Å². The van der Waals surface area contributed by atoms with Gasteiger partial charge < -0.3 is 11.1 Å². The molecular weight excluding hydrogens is 258 g/mol. The number of hydrogen-bond acceptors (Lipinski definition) is 4. The Morgan fingerprint density at radius 3 is 2.45 bits per heavy atom. The average molecular weight is 271 g/mol. The normalized spacial score (nSPS) is 10.1. The fraction of sp³-hybridized carbons (Fsp3) is 0.0714. The van der Waals surface area contributed by atoms with Crippen LogP contribution in [0.15, 0.2) is 42.5 Å². The molecule has 0 aliphatic rings. The summed E-state index contributed by atoms with van der Waals surface area (Å²) < 4.78 is 0.